The minimum Gasteiger partial charge on any atom is -0.431 e. The SMILES string of the molecule is C=C1C[C@H]2[C@@H]3CCC4=CC(=O)C=C[C@]4(C)[C@@]3(F)[C@@H](O)C[C@]2(C)[C@@]1(O)C(=O)OCF. The van der Waals surface area contributed by atoms with Crippen LogP contribution < -0.4 is 0 Å². The molecule has 0 aromatic carbocycles. The molecule has 3 saturated carbocycles. The largest absolute Gasteiger partial charge is 0.431 e. The van der Waals surface area contributed by atoms with Gasteiger partial charge in [0.1, 0.15) is 0 Å². The van der Waals surface area contributed by atoms with Crippen molar-refractivity contribution in [2.75, 3.05) is 6.86 Å². The lowest BCUT2D eigenvalue weighted by atomic mass is 9.45. The number of allylic oxidation sites excluding steroid dienone is 4. The maximum Gasteiger partial charge on any atom is 0.345 e. The van der Waals surface area contributed by atoms with Gasteiger partial charge in [-0.1, -0.05) is 25.2 Å². The van der Waals surface area contributed by atoms with Crippen LogP contribution >= 0.6 is 0 Å². The van der Waals surface area contributed by atoms with Crippen LogP contribution in [-0.2, 0) is 14.3 Å². The standard InChI is InChI=1S/C22H26F2O5/c1-12-8-16-15-5-4-13-9-14(25)6-7-19(13,2)21(15,24)17(26)10-20(16,3)22(12,28)18(27)29-11-23/h6-7,9,15-17,26,28H,1,4-5,8,10-11H2,2-3H3/t15-,16-,17-,19-,20-,21-,22-/m0/s1. The number of ketones is 1. The molecule has 0 saturated heterocycles. The van der Waals surface area contributed by atoms with Crippen LogP contribution in [0.5, 0.6) is 0 Å². The Hall–Kier alpha value is -1.86. The third kappa shape index (κ3) is 2.20. The monoisotopic (exact) mass is 408 g/mol. The number of hydrogen-bond acceptors (Lipinski definition) is 5. The highest BCUT2D eigenvalue weighted by Gasteiger charge is 2.75. The van der Waals surface area contributed by atoms with E-state index in [1.54, 1.807) is 13.8 Å². The van der Waals surface area contributed by atoms with E-state index in [4.69, 9.17) is 0 Å². The summed E-state index contributed by atoms with van der Waals surface area (Å²) in [6.45, 7) is 5.74. The average molecular weight is 408 g/mol. The molecule has 4 rings (SSSR count). The van der Waals surface area contributed by atoms with Crippen LogP contribution in [0.25, 0.3) is 0 Å². The second-order valence-corrected chi connectivity index (χ2v) is 9.32. The van der Waals surface area contributed by atoms with E-state index in [2.05, 4.69) is 11.3 Å². The summed E-state index contributed by atoms with van der Waals surface area (Å²) in [7, 11) is 0. The number of carbonyl (C=O) groups excluding carboxylic acids is 2. The van der Waals surface area contributed by atoms with Crippen LogP contribution in [0.1, 0.15) is 39.5 Å². The third-order valence-electron chi connectivity index (χ3n) is 8.32. The van der Waals surface area contributed by atoms with Gasteiger partial charge in [0, 0.05) is 16.7 Å². The second kappa shape index (κ2) is 6.08. The van der Waals surface area contributed by atoms with E-state index in [-0.39, 0.29) is 24.2 Å². The van der Waals surface area contributed by atoms with Crippen LogP contribution in [0.2, 0.25) is 0 Å². The summed E-state index contributed by atoms with van der Waals surface area (Å²) in [4.78, 5) is 24.3. The Morgan fingerprint density at radius 1 is 1.38 bits per heavy atom. The lowest BCUT2D eigenvalue weighted by Gasteiger charge is -2.62. The number of rotatable bonds is 2. The first-order valence-electron chi connectivity index (χ1n) is 9.92. The molecule has 0 aromatic rings. The molecule has 7 atom stereocenters. The molecular formula is C22H26F2O5. The zero-order valence-corrected chi connectivity index (χ0v) is 16.6. The summed E-state index contributed by atoms with van der Waals surface area (Å²) in [5.41, 5.74) is -5.88. The highest BCUT2D eigenvalue weighted by molar-refractivity contribution is 6.01. The van der Waals surface area contributed by atoms with Crippen LogP contribution in [0.15, 0.2) is 36.0 Å². The number of halogens is 2. The smallest absolute Gasteiger partial charge is 0.345 e. The number of ether oxygens (including phenoxy) is 1. The molecule has 7 heteroatoms. The van der Waals surface area contributed by atoms with E-state index in [0.29, 0.717) is 18.4 Å². The van der Waals surface area contributed by atoms with E-state index in [1.165, 1.54) is 18.2 Å². The van der Waals surface area contributed by atoms with Crippen molar-refractivity contribution >= 4 is 11.8 Å². The summed E-state index contributed by atoms with van der Waals surface area (Å²) < 4.78 is 34.0. The zero-order valence-electron chi connectivity index (χ0n) is 16.6. The van der Waals surface area contributed by atoms with Gasteiger partial charge in [0.05, 0.1) is 6.10 Å². The number of hydrogen-bond donors (Lipinski definition) is 2. The Morgan fingerprint density at radius 3 is 2.72 bits per heavy atom. The van der Waals surface area contributed by atoms with Gasteiger partial charge in [0.15, 0.2) is 17.1 Å². The maximum absolute atomic E-state index is 16.9. The van der Waals surface area contributed by atoms with Crippen LogP contribution in [0, 0.1) is 22.7 Å². The molecule has 0 aromatic heterocycles. The third-order valence-corrected chi connectivity index (χ3v) is 8.32. The fourth-order valence-electron chi connectivity index (χ4n) is 6.70. The predicted octanol–water partition coefficient (Wildman–Crippen LogP) is 2.72. The van der Waals surface area contributed by atoms with Gasteiger partial charge in [0.25, 0.3) is 0 Å². The molecule has 0 heterocycles. The molecule has 5 nitrogen and oxygen atoms in total. The van der Waals surface area contributed by atoms with Gasteiger partial charge in [-0.2, -0.15) is 0 Å². The summed E-state index contributed by atoms with van der Waals surface area (Å²) in [6, 6.07) is 0. The predicted molar refractivity (Wildman–Crippen MR) is 99.9 cm³/mol. The van der Waals surface area contributed by atoms with Gasteiger partial charge < -0.3 is 14.9 Å². The van der Waals surface area contributed by atoms with Gasteiger partial charge in [-0.05, 0) is 56.3 Å². The number of aliphatic hydroxyl groups excluding tert-OH is 1. The van der Waals surface area contributed by atoms with Crippen LogP contribution in [-0.4, -0.2) is 46.2 Å². The van der Waals surface area contributed by atoms with Gasteiger partial charge in [-0.3, -0.25) is 4.79 Å². The molecule has 4 aliphatic carbocycles. The quantitative estimate of drug-likeness (QED) is 0.542. The summed E-state index contributed by atoms with van der Waals surface area (Å²) in [6.07, 6.45) is 3.60. The highest BCUT2D eigenvalue weighted by atomic mass is 19.1. The van der Waals surface area contributed by atoms with Crippen molar-refractivity contribution in [2.24, 2.45) is 22.7 Å². The fraction of sp³-hybridized carbons (Fsp3) is 0.636. The van der Waals surface area contributed by atoms with Crippen molar-refractivity contribution in [3.05, 3.63) is 36.0 Å². The number of carbonyl (C=O) groups is 2. The van der Waals surface area contributed by atoms with E-state index in [9.17, 15) is 24.2 Å². The van der Waals surface area contributed by atoms with E-state index < -0.39 is 52.9 Å². The molecule has 0 spiro atoms. The summed E-state index contributed by atoms with van der Waals surface area (Å²) >= 11 is 0. The molecule has 0 unspecified atom stereocenters. The molecular weight excluding hydrogens is 382 g/mol. The van der Waals surface area contributed by atoms with Gasteiger partial charge in [-0.25, -0.2) is 13.6 Å². The highest BCUT2D eigenvalue weighted by Crippen LogP contribution is 2.70. The molecule has 29 heavy (non-hydrogen) atoms. The number of esters is 1. The Balaban J connectivity index is 1.82. The fourth-order valence-corrected chi connectivity index (χ4v) is 6.70. The summed E-state index contributed by atoms with van der Waals surface area (Å²) in [5, 5.41) is 22.4. The minimum absolute atomic E-state index is 0.153. The van der Waals surface area contributed by atoms with E-state index >= 15 is 4.39 Å². The lowest BCUT2D eigenvalue weighted by Crippen LogP contribution is -2.69. The van der Waals surface area contributed by atoms with E-state index in [0.717, 1.165) is 0 Å². The summed E-state index contributed by atoms with van der Waals surface area (Å²) in [5.74, 6) is -2.53. The number of alkyl halides is 2. The first-order chi connectivity index (χ1) is 13.5. The first kappa shape index (κ1) is 20.4. The Morgan fingerprint density at radius 2 is 2.07 bits per heavy atom. The molecule has 0 aliphatic heterocycles. The van der Waals surface area contributed by atoms with E-state index in [1.807, 2.05) is 0 Å². The van der Waals surface area contributed by atoms with Gasteiger partial charge in [0.2, 0.25) is 6.86 Å². The minimum atomic E-state index is -2.19. The van der Waals surface area contributed by atoms with Crippen molar-refractivity contribution < 1.29 is 33.3 Å². The number of fused-ring (bicyclic) bond motifs is 5. The maximum atomic E-state index is 16.9. The zero-order chi connectivity index (χ0) is 21.4. The molecule has 0 bridgehead atoms. The van der Waals surface area contributed by atoms with Gasteiger partial charge >= 0.3 is 5.97 Å². The first-order valence-corrected chi connectivity index (χ1v) is 9.92. The molecule has 4 aliphatic rings. The Kier molecular flexibility index (Phi) is 4.28. The number of aliphatic hydroxyl groups is 2. The van der Waals surface area contributed by atoms with Crippen molar-refractivity contribution in [1.29, 1.82) is 0 Å². The van der Waals surface area contributed by atoms with Crippen molar-refractivity contribution in [3.63, 3.8) is 0 Å². The molecule has 0 radical (unpaired) electrons. The Labute approximate surface area is 168 Å². The van der Waals surface area contributed by atoms with Crippen molar-refractivity contribution in [3.8, 4) is 0 Å². The molecule has 3 fully saturated rings. The lowest BCUT2D eigenvalue weighted by molar-refractivity contribution is -0.223. The van der Waals surface area contributed by atoms with Crippen molar-refractivity contribution in [1.82, 2.24) is 0 Å². The second-order valence-electron chi connectivity index (χ2n) is 9.32. The topological polar surface area (TPSA) is 83.8 Å². The van der Waals surface area contributed by atoms with Gasteiger partial charge in [-0.15, -0.1) is 0 Å². The molecule has 2 N–H and O–H groups in total. The average Bonchev–Trinajstić information content (AvgIpc) is 2.85. The molecule has 158 valence electrons. The van der Waals surface area contributed by atoms with Crippen LogP contribution in [0.4, 0.5) is 8.78 Å². The van der Waals surface area contributed by atoms with Crippen LogP contribution in [0.3, 0.4) is 0 Å². The Bertz CT molecular complexity index is 865. The normalized spacial score (nSPS) is 48.5. The molecule has 0 amide bonds. The van der Waals surface area contributed by atoms with Crippen molar-refractivity contribution in [2.45, 2.75) is 56.9 Å².